The van der Waals surface area contributed by atoms with E-state index in [1.54, 1.807) is 19.9 Å². The SMILES string of the molecule is Cc1cc(C(=O)NCC[C@H](O)c2cc3ccccc3o2)c(C)o1. The van der Waals surface area contributed by atoms with E-state index in [2.05, 4.69) is 5.32 Å². The van der Waals surface area contributed by atoms with Crippen molar-refractivity contribution in [2.45, 2.75) is 26.4 Å². The number of nitrogens with one attached hydrogen (secondary N) is 1. The van der Waals surface area contributed by atoms with Gasteiger partial charge in [-0.3, -0.25) is 4.79 Å². The lowest BCUT2D eigenvalue weighted by atomic mass is 10.1. The van der Waals surface area contributed by atoms with Crippen LogP contribution in [0, 0.1) is 13.8 Å². The number of carbonyl (C=O) groups excluding carboxylic acids is 1. The van der Waals surface area contributed by atoms with Crippen LogP contribution in [-0.4, -0.2) is 17.6 Å². The van der Waals surface area contributed by atoms with Gasteiger partial charge in [-0.25, -0.2) is 0 Å². The molecule has 0 saturated heterocycles. The van der Waals surface area contributed by atoms with Crippen LogP contribution in [0.3, 0.4) is 0 Å². The van der Waals surface area contributed by atoms with Crippen LogP contribution in [-0.2, 0) is 0 Å². The van der Waals surface area contributed by atoms with Gasteiger partial charge < -0.3 is 19.3 Å². The summed E-state index contributed by atoms with van der Waals surface area (Å²) in [5, 5.41) is 13.9. The summed E-state index contributed by atoms with van der Waals surface area (Å²) in [6.07, 6.45) is -0.378. The molecule has 23 heavy (non-hydrogen) atoms. The lowest BCUT2D eigenvalue weighted by molar-refractivity contribution is 0.0935. The number of amides is 1. The van der Waals surface area contributed by atoms with Crippen LogP contribution in [0.5, 0.6) is 0 Å². The number of furan rings is 2. The Morgan fingerprint density at radius 1 is 1.22 bits per heavy atom. The molecule has 0 aliphatic carbocycles. The summed E-state index contributed by atoms with van der Waals surface area (Å²) >= 11 is 0. The second-order valence-electron chi connectivity index (χ2n) is 5.57. The Morgan fingerprint density at radius 2 is 2.00 bits per heavy atom. The Morgan fingerprint density at radius 3 is 2.70 bits per heavy atom. The number of aliphatic hydroxyl groups excluding tert-OH is 1. The monoisotopic (exact) mass is 313 g/mol. The van der Waals surface area contributed by atoms with Crippen molar-refractivity contribution in [2.75, 3.05) is 6.54 Å². The van der Waals surface area contributed by atoms with Gasteiger partial charge in [0.25, 0.3) is 5.91 Å². The highest BCUT2D eigenvalue weighted by Gasteiger charge is 2.16. The summed E-state index contributed by atoms with van der Waals surface area (Å²) in [6.45, 7) is 3.90. The first-order valence-corrected chi connectivity index (χ1v) is 7.56. The fourth-order valence-electron chi connectivity index (χ4n) is 2.58. The smallest absolute Gasteiger partial charge is 0.254 e. The summed E-state index contributed by atoms with van der Waals surface area (Å²) in [5.74, 6) is 1.61. The van der Waals surface area contributed by atoms with Gasteiger partial charge in [0.15, 0.2) is 0 Å². The first-order valence-electron chi connectivity index (χ1n) is 7.56. The van der Waals surface area contributed by atoms with E-state index in [1.165, 1.54) is 0 Å². The van der Waals surface area contributed by atoms with Crippen molar-refractivity contribution in [1.82, 2.24) is 5.32 Å². The molecule has 1 aromatic carbocycles. The average molecular weight is 313 g/mol. The zero-order valence-corrected chi connectivity index (χ0v) is 13.1. The van der Waals surface area contributed by atoms with E-state index in [-0.39, 0.29) is 5.91 Å². The highest BCUT2D eigenvalue weighted by Crippen LogP contribution is 2.25. The molecule has 2 heterocycles. The third kappa shape index (κ3) is 3.29. The summed E-state index contributed by atoms with van der Waals surface area (Å²) in [4.78, 5) is 12.1. The molecule has 5 nitrogen and oxygen atoms in total. The topological polar surface area (TPSA) is 75.6 Å². The Kier molecular flexibility index (Phi) is 4.21. The molecule has 3 aromatic rings. The lowest BCUT2D eigenvalue weighted by Gasteiger charge is -2.08. The van der Waals surface area contributed by atoms with Gasteiger partial charge in [-0.2, -0.15) is 0 Å². The zero-order chi connectivity index (χ0) is 16.4. The highest BCUT2D eigenvalue weighted by atomic mass is 16.4. The van der Waals surface area contributed by atoms with Crippen LogP contribution in [0.4, 0.5) is 0 Å². The number of aliphatic hydroxyl groups is 1. The number of hydrogen-bond donors (Lipinski definition) is 2. The molecule has 0 radical (unpaired) electrons. The molecule has 120 valence electrons. The zero-order valence-electron chi connectivity index (χ0n) is 13.1. The maximum Gasteiger partial charge on any atom is 0.254 e. The van der Waals surface area contributed by atoms with Gasteiger partial charge in [-0.1, -0.05) is 18.2 Å². The maximum atomic E-state index is 12.1. The molecular weight excluding hydrogens is 294 g/mol. The minimum Gasteiger partial charge on any atom is -0.466 e. The number of aryl methyl sites for hydroxylation is 2. The van der Waals surface area contributed by atoms with Gasteiger partial charge in [0.1, 0.15) is 29.0 Å². The molecule has 2 aromatic heterocycles. The fourth-order valence-corrected chi connectivity index (χ4v) is 2.58. The number of carbonyl (C=O) groups is 1. The van der Waals surface area contributed by atoms with Crippen molar-refractivity contribution in [3.63, 3.8) is 0 Å². The van der Waals surface area contributed by atoms with Crippen molar-refractivity contribution in [3.05, 3.63) is 59.2 Å². The van der Waals surface area contributed by atoms with Crippen LogP contribution < -0.4 is 5.32 Å². The van der Waals surface area contributed by atoms with E-state index < -0.39 is 6.10 Å². The number of hydrogen-bond acceptors (Lipinski definition) is 4. The van der Waals surface area contributed by atoms with Crippen LogP contribution in [0.1, 0.15) is 40.2 Å². The van der Waals surface area contributed by atoms with E-state index in [9.17, 15) is 9.90 Å². The summed E-state index contributed by atoms with van der Waals surface area (Å²) in [7, 11) is 0. The van der Waals surface area contributed by atoms with E-state index in [0.29, 0.717) is 35.8 Å². The standard InChI is InChI=1S/C18H19NO4/c1-11-9-14(12(2)22-11)18(21)19-8-7-15(20)17-10-13-5-3-4-6-16(13)23-17/h3-6,9-10,15,20H,7-8H2,1-2H3,(H,19,21)/t15-/m0/s1. The average Bonchev–Trinajstić information content (AvgIpc) is 3.09. The molecule has 0 spiro atoms. The molecule has 0 aliphatic heterocycles. The Hall–Kier alpha value is -2.53. The van der Waals surface area contributed by atoms with Crippen LogP contribution in [0.2, 0.25) is 0 Å². The summed E-state index contributed by atoms with van der Waals surface area (Å²) in [6, 6.07) is 11.1. The third-order valence-corrected chi connectivity index (χ3v) is 3.76. The van der Waals surface area contributed by atoms with Gasteiger partial charge in [0, 0.05) is 11.9 Å². The van der Waals surface area contributed by atoms with E-state index in [1.807, 2.05) is 30.3 Å². The predicted octanol–water partition coefficient (Wildman–Crippen LogP) is 3.50. The molecule has 0 fully saturated rings. The van der Waals surface area contributed by atoms with Gasteiger partial charge in [-0.05, 0) is 38.5 Å². The first kappa shape index (κ1) is 15.4. The minimum absolute atomic E-state index is 0.198. The minimum atomic E-state index is -0.755. The van der Waals surface area contributed by atoms with Gasteiger partial charge in [0.2, 0.25) is 0 Å². The normalized spacial score (nSPS) is 12.5. The quantitative estimate of drug-likeness (QED) is 0.756. The molecule has 0 aliphatic rings. The lowest BCUT2D eigenvalue weighted by Crippen LogP contribution is -2.25. The third-order valence-electron chi connectivity index (χ3n) is 3.76. The fraction of sp³-hybridized carbons (Fsp3) is 0.278. The van der Waals surface area contributed by atoms with Gasteiger partial charge in [0.05, 0.1) is 5.56 Å². The van der Waals surface area contributed by atoms with E-state index in [0.717, 1.165) is 11.0 Å². The molecular formula is C18H19NO4. The number of fused-ring (bicyclic) bond motifs is 1. The second-order valence-corrected chi connectivity index (χ2v) is 5.57. The van der Waals surface area contributed by atoms with Crippen LogP contribution in [0.25, 0.3) is 11.0 Å². The van der Waals surface area contributed by atoms with Crippen LogP contribution in [0.15, 0.2) is 45.2 Å². The largest absolute Gasteiger partial charge is 0.466 e. The van der Waals surface area contributed by atoms with E-state index >= 15 is 0 Å². The number of benzene rings is 1. The highest BCUT2D eigenvalue weighted by molar-refractivity contribution is 5.95. The van der Waals surface area contributed by atoms with Crippen molar-refractivity contribution in [3.8, 4) is 0 Å². The Balaban J connectivity index is 1.57. The second kappa shape index (κ2) is 6.30. The number of para-hydroxylation sites is 1. The van der Waals surface area contributed by atoms with Gasteiger partial charge >= 0.3 is 0 Å². The van der Waals surface area contributed by atoms with Crippen molar-refractivity contribution in [2.24, 2.45) is 0 Å². The molecule has 0 unspecified atom stereocenters. The molecule has 1 atom stereocenters. The summed E-state index contributed by atoms with van der Waals surface area (Å²) in [5.41, 5.74) is 1.27. The van der Waals surface area contributed by atoms with E-state index in [4.69, 9.17) is 8.83 Å². The molecule has 3 rings (SSSR count). The molecule has 0 bridgehead atoms. The predicted molar refractivity (Wildman–Crippen MR) is 86.3 cm³/mol. The molecule has 2 N–H and O–H groups in total. The number of rotatable bonds is 5. The van der Waals surface area contributed by atoms with Crippen LogP contribution >= 0.6 is 0 Å². The Labute approximate surface area is 133 Å². The first-order chi connectivity index (χ1) is 11.0. The maximum absolute atomic E-state index is 12.1. The molecule has 5 heteroatoms. The van der Waals surface area contributed by atoms with Gasteiger partial charge in [-0.15, -0.1) is 0 Å². The van der Waals surface area contributed by atoms with Crippen molar-refractivity contribution >= 4 is 16.9 Å². The Bertz CT molecular complexity index is 798. The summed E-state index contributed by atoms with van der Waals surface area (Å²) < 4.78 is 11.0. The van der Waals surface area contributed by atoms with Crippen molar-refractivity contribution in [1.29, 1.82) is 0 Å². The molecule has 0 saturated carbocycles. The molecule has 1 amide bonds. The van der Waals surface area contributed by atoms with Crippen molar-refractivity contribution < 1.29 is 18.7 Å².